The Hall–Kier alpha value is -2.33. The zero-order chi connectivity index (χ0) is 17.8. The molecular formula is C20H21ClN2O2. The van der Waals surface area contributed by atoms with Crippen molar-refractivity contribution in [3.05, 3.63) is 64.7 Å². The zero-order valence-electron chi connectivity index (χ0n) is 14.2. The number of carbonyl (C=O) groups excluding carboxylic acids is 2. The smallest absolute Gasteiger partial charge is 0.255 e. The Bertz CT molecular complexity index is 791. The maximum atomic E-state index is 12.7. The molecule has 25 heavy (non-hydrogen) atoms. The van der Waals surface area contributed by atoms with Crippen molar-refractivity contribution < 1.29 is 9.59 Å². The molecule has 1 saturated heterocycles. The van der Waals surface area contributed by atoms with Crippen molar-refractivity contribution in [3.8, 4) is 0 Å². The Labute approximate surface area is 152 Å². The van der Waals surface area contributed by atoms with Gasteiger partial charge in [0, 0.05) is 34.9 Å². The van der Waals surface area contributed by atoms with Gasteiger partial charge in [-0.1, -0.05) is 30.7 Å². The fourth-order valence-electron chi connectivity index (χ4n) is 3.12. The van der Waals surface area contributed by atoms with Crippen LogP contribution in [0.1, 0.15) is 40.5 Å². The molecule has 4 nitrogen and oxygen atoms in total. The van der Waals surface area contributed by atoms with Crippen LogP contribution in [0.4, 0.5) is 5.69 Å². The molecule has 0 radical (unpaired) electrons. The lowest BCUT2D eigenvalue weighted by atomic mass is 9.99. The van der Waals surface area contributed by atoms with Gasteiger partial charge >= 0.3 is 0 Å². The van der Waals surface area contributed by atoms with Gasteiger partial charge in [0.1, 0.15) is 0 Å². The molecule has 5 heteroatoms. The molecule has 2 amide bonds. The summed E-state index contributed by atoms with van der Waals surface area (Å²) in [6.07, 6.45) is 2.19. The van der Waals surface area contributed by atoms with Crippen molar-refractivity contribution in [2.24, 2.45) is 5.92 Å². The third-order valence-corrected chi connectivity index (χ3v) is 4.63. The Kier molecular flexibility index (Phi) is 5.39. The van der Waals surface area contributed by atoms with Gasteiger partial charge in [-0.15, -0.1) is 0 Å². The fourth-order valence-corrected chi connectivity index (χ4v) is 3.31. The lowest BCUT2D eigenvalue weighted by Crippen LogP contribution is -2.39. The monoisotopic (exact) mass is 356 g/mol. The van der Waals surface area contributed by atoms with Crippen LogP contribution in [0.2, 0.25) is 5.02 Å². The van der Waals surface area contributed by atoms with Gasteiger partial charge in [-0.3, -0.25) is 9.59 Å². The number of anilines is 1. The minimum absolute atomic E-state index is 0.0102. The maximum Gasteiger partial charge on any atom is 0.255 e. The van der Waals surface area contributed by atoms with E-state index < -0.39 is 0 Å². The van der Waals surface area contributed by atoms with Gasteiger partial charge in [0.15, 0.2) is 0 Å². The lowest BCUT2D eigenvalue weighted by Gasteiger charge is -2.31. The van der Waals surface area contributed by atoms with Gasteiger partial charge in [-0.25, -0.2) is 0 Å². The second-order valence-corrected chi connectivity index (χ2v) is 6.98. The molecule has 1 aliphatic heterocycles. The van der Waals surface area contributed by atoms with Gasteiger partial charge in [0.2, 0.25) is 0 Å². The summed E-state index contributed by atoms with van der Waals surface area (Å²) in [6, 6.07) is 13.8. The van der Waals surface area contributed by atoms with E-state index >= 15 is 0 Å². The third-order valence-electron chi connectivity index (χ3n) is 4.40. The molecule has 1 atom stereocenters. The average molecular weight is 357 g/mol. The van der Waals surface area contributed by atoms with E-state index in [2.05, 4.69) is 12.2 Å². The Morgan fingerprint density at radius 3 is 2.64 bits per heavy atom. The summed E-state index contributed by atoms with van der Waals surface area (Å²) < 4.78 is 0. The number of halogens is 1. The molecule has 0 aliphatic carbocycles. The first-order valence-corrected chi connectivity index (χ1v) is 8.87. The van der Waals surface area contributed by atoms with E-state index in [0.29, 0.717) is 27.8 Å². The number of benzene rings is 2. The van der Waals surface area contributed by atoms with Crippen LogP contribution in [0.15, 0.2) is 48.5 Å². The van der Waals surface area contributed by atoms with Crippen LogP contribution in [0.25, 0.3) is 0 Å². The molecule has 1 aliphatic rings. The number of piperidine rings is 1. The van der Waals surface area contributed by atoms with Crippen molar-refractivity contribution in [1.82, 2.24) is 4.90 Å². The first-order valence-electron chi connectivity index (χ1n) is 8.49. The highest BCUT2D eigenvalue weighted by Gasteiger charge is 2.22. The predicted molar refractivity (Wildman–Crippen MR) is 100 cm³/mol. The van der Waals surface area contributed by atoms with Crippen LogP contribution >= 0.6 is 11.6 Å². The van der Waals surface area contributed by atoms with Crippen LogP contribution in [0, 0.1) is 5.92 Å². The van der Waals surface area contributed by atoms with Gasteiger partial charge in [-0.05, 0) is 55.2 Å². The lowest BCUT2D eigenvalue weighted by molar-refractivity contribution is 0.0683. The molecule has 1 fully saturated rings. The molecule has 0 aromatic heterocycles. The first-order chi connectivity index (χ1) is 12.0. The van der Waals surface area contributed by atoms with Gasteiger partial charge < -0.3 is 10.2 Å². The van der Waals surface area contributed by atoms with E-state index in [-0.39, 0.29) is 11.8 Å². The van der Waals surface area contributed by atoms with Crippen molar-refractivity contribution in [2.45, 2.75) is 19.8 Å². The van der Waals surface area contributed by atoms with E-state index in [1.807, 2.05) is 4.90 Å². The summed E-state index contributed by atoms with van der Waals surface area (Å²) in [5.41, 5.74) is 1.63. The SMILES string of the molecule is CC1CCCN(C(=O)c2cccc(C(=O)Nc3cccc(Cl)c3)c2)C1. The highest BCUT2D eigenvalue weighted by Crippen LogP contribution is 2.19. The highest BCUT2D eigenvalue weighted by atomic mass is 35.5. The van der Waals surface area contributed by atoms with E-state index in [9.17, 15) is 9.59 Å². The molecule has 2 aromatic rings. The second kappa shape index (κ2) is 7.70. The molecule has 1 heterocycles. The normalized spacial score (nSPS) is 17.2. The van der Waals surface area contributed by atoms with Crippen molar-refractivity contribution in [3.63, 3.8) is 0 Å². The van der Waals surface area contributed by atoms with Crippen molar-refractivity contribution in [1.29, 1.82) is 0 Å². The van der Waals surface area contributed by atoms with Crippen LogP contribution < -0.4 is 5.32 Å². The van der Waals surface area contributed by atoms with Crippen LogP contribution in [0.3, 0.4) is 0 Å². The molecule has 0 spiro atoms. The molecule has 0 saturated carbocycles. The van der Waals surface area contributed by atoms with Gasteiger partial charge in [0.25, 0.3) is 11.8 Å². The minimum atomic E-state index is -0.260. The number of amides is 2. The zero-order valence-corrected chi connectivity index (χ0v) is 14.9. The van der Waals surface area contributed by atoms with E-state index in [1.165, 1.54) is 0 Å². The number of rotatable bonds is 3. The molecule has 0 bridgehead atoms. The second-order valence-electron chi connectivity index (χ2n) is 6.54. The average Bonchev–Trinajstić information content (AvgIpc) is 2.61. The number of nitrogens with zero attached hydrogens (tertiary/aromatic N) is 1. The summed E-state index contributed by atoms with van der Waals surface area (Å²) in [5, 5.41) is 3.36. The Balaban J connectivity index is 1.74. The van der Waals surface area contributed by atoms with Crippen LogP contribution in [-0.2, 0) is 0 Å². The number of likely N-dealkylation sites (tertiary alicyclic amines) is 1. The van der Waals surface area contributed by atoms with E-state index in [1.54, 1.807) is 48.5 Å². The number of carbonyl (C=O) groups is 2. The summed E-state index contributed by atoms with van der Waals surface area (Å²) in [5.74, 6) is 0.250. The quantitative estimate of drug-likeness (QED) is 0.882. The van der Waals surface area contributed by atoms with Crippen molar-refractivity contribution >= 4 is 29.1 Å². The summed E-state index contributed by atoms with van der Waals surface area (Å²) >= 11 is 5.94. The maximum absolute atomic E-state index is 12.7. The largest absolute Gasteiger partial charge is 0.338 e. The van der Waals surface area contributed by atoms with Crippen LogP contribution in [0.5, 0.6) is 0 Å². The van der Waals surface area contributed by atoms with Gasteiger partial charge in [-0.2, -0.15) is 0 Å². The summed E-state index contributed by atoms with van der Waals surface area (Å²) in [7, 11) is 0. The highest BCUT2D eigenvalue weighted by molar-refractivity contribution is 6.31. The molecule has 3 rings (SSSR count). The Morgan fingerprint density at radius 2 is 1.88 bits per heavy atom. The standard InChI is InChI=1S/C20H21ClN2O2/c1-14-5-4-10-23(13-14)20(25)16-7-2-6-15(11-16)19(24)22-18-9-3-8-17(21)12-18/h2-3,6-9,11-12,14H,4-5,10,13H2,1H3,(H,22,24). The molecular weight excluding hydrogens is 336 g/mol. The third kappa shape index (κ3) is 4.40. The Morgan fingerprint density at radius 1 is 1.12 bits per heavy atom. The molecule has 2 aromatic carbocycles. The number of hydrogen-bond acceptors (Lipinski definition) is 2. The fraction of sp³-hybridized carbons (Fsp3) is 0.300. The van der Waals surface area contributed by atoms with Crippen LogP contribution in [-0.4, -0.2) is 29.8 Å². The first kappa shape index (κ1) is 17.5. The molecule has 1 unspecified atom stereocenters. The molecule has 1 N–H and O–H groups in total. The predicted octanol–water partition coefficient (Wildman–Crippen LogP) is 4.46. The van der Waals surface area contributed by atoms with Gasteiger partial charge in [0.05, 0.1) is 0 Å². The summed E-state index contributed by atoms with van der Waals surface area (Å²) in [6.45, 7) is 3.72. The molecule has 130 valence electrons. The topological polar surface area (TPSA) is 49.4 Å². The number of hydrogen-bond donors (Lipinski definition) is 1. The van der Waals surface area contributed by atoms with Crippen molar-refractivity contribution in [2.75, 3.05) is 18.4 Å². The van der Waals surface area contributed by atoms with E-state index in [4.69, 9.17) is 11.6 Å². The van der Waals surface area contributed by atoms with E-state index in [0.717, 1.165) is 25.9 Å². The minimum Gasteiger partial charge on any atom is -0.338 e. The number of nitrogens with one attached hydrogen (secondary N) is 1. The summed E-state index contributed by atoms with van der Waals surface area (Å²) in [4.78, 5) is 27.0.